The second kappa shape index (κ2) is 9.71. The maximum Gasteiger partial charge on any atom is 0.263 e. The number of hydrogen-bond donors (Lipinski definition) is 1. The van der Waals surface area contributed by atoms with Crippen molar-refractivity contribution in [2.24, 2.45) is 5.92 Å². The van der Waals surface area contributed by atoms with Gasteiger partial charge in [0.25, 0.3) is 5.91 Å². The molecular formula is C25H30N4OS. The van der Waals surface area contributed by atoms with Gasteiger partial charge in [0, 0.05) is 37.4 Å². The van der Waals surface area contributed by atoms with Gasteiger partial charge in [0.05, 0.1) is 11.4 Å². The first-order valence-electron chi connectivity index (χ1n) is 11.0. The molecule has 162 valence electrons. The normalized spacial score (nSPS) is 19.3. The standard InChI is InChI=1S/C25H30N4OS/c1-4-19-8-10-20(11-9-19)25-27-18(3)23(31-25)24(30)28-22-12-14-29(15-17(22)2)16-21-7-5-6-13-26-21/h5-11,13,17,22H,4,12,14-16H2,1-3H3,(H,28,30). The minimum Gasteiger partial charge on any atom is -0.348 e. The number of nitrogens with one attached hydrogen (secondary N) is 1. The smallest absolute Gasteiger partial charge is 0.263 e. The molecule has 31 heavy (non-hydrogen) atoms. The van der Waals surface area contributed by atoms with E-state index >= 15 is 0 Å². The number of aromatic nitrogens is 2. The number of hydrogen-bond acceptors (Lipinski definition) is 5. The van der Waals surface area contributed by atoms with Crippen LogP contribution >= 0.6 is 11.3 Å². The molecule has 1 N–H and O–H groups in total. The molecule has 2 unspecified atom stereocenters. The summed E-state index contributed by atoms with van der Waals surface area (Å²) in [5, 5.41) is 4.19. The third kappa shape index (κ3) is 5.20. The Bertz CT molecular complexity index is 1020. The third-order valence-electron chi connectivity index (χ3n) is 6.03. The van der Waals surface area contributed by atoms with Gasteiger partial charge in [0.2, 0.25) is 0 Å². The molecule has 0 bridgehead atoms. The van der Waals surface area contributed by atoms with Crippen LogP contribution in [0.25, 0.3) is 10.6 Å². The molecule has 1 amide bonds. The lowest BCUT2D eigenvalue weighted by molar-refractivity contribution is 0.0862. The van der Waals surface area contributed by atoms with E-state index in [1.807, 2.05) is 25.3 Å². The predicted octanol–water partition coefficient (Wildman–Crippen LogP) is 4.72. The van der Waals surface area contributed by atoms with Crippen molar-refractivity contribution in [1.29, 1.82) is 0 Å². The average molecular weight is 435 g/mol. The van der Waals surface area contributed by atoms with Gasteiger partial charge in [-0.05, 0) is 43.4 Å². The van der Waals surface area contributed by atoms with Gasteiger partial charge in [-0.3, -0.25) is 14.7 Å². The highest BCUT2D eigenvalue weighted by atomic mass is 32.1. The molecule has 4 rings (SSSR count). The van der Waals surface area contributed by atoms with Gasteiger partial charge in [-0.15, -0.1) is 11.3 Å². The van der Waals surface area contributed by atoms with Crippen LogP contribution < -0.4 is 5.32 Å². The maximum absolute atomic E-state index is 13.0. The Morgan fingerprint density at radius 2 is 2.03 bits per heavy atom. The zero-order chi connectivity index (χ0) is 21.8. The molecule has 1 saturated heterocycles. The lowest BCUT2D eigenvalue weighted by Gasteiger charge is -2.37. The quantitative estimate of drug-likeness (QED) is 0.610. The Morgan fingerprint density at radius 3 is 2.71 bits per heavy atom. The van der Waals surface area contributed by atoms with E-state index in [9.17, 15) is 4.79 Å². The number of amides is 1. The van der Waals surface area contributed by atoms with Crippen LogP contribution in [0, 0.1) is 12.8 Å². The fourth-order valence-electron chi connectivity index (χ4n) is 4.16. The molecule has 5 nitrogen and oxygen atoms in total. The van der Waals surface area contributed by atoms with Gasteiger partial charge in [-0.2, -0.15) is 0 Å². The largest absolute Gasteiger partial charge is 0.348 e. The lowest BCUT2D eigenvalue weighted by Crippen LogP contribution is -2.49. The Morgan fingerprint density at radius 1 is 1.23 bits per heavy atom. The molecule has 1 aliphatic heterocycles. The van der Waals surface area contributed by atoms with E-state index in [1.165, 1.54) is 16.9 Å². The van der Waals surface area contributed by atoms with Crippen molar-refractivity contribution in [3.8, 4) is 10.6 Å². The summed E-state index contributed by atoms with van der Waals surface area (Å²) in [6.45, 7) is 9.07. The molecule has 2 aromatic heterocycles. The Labute approximate surface area is 188 Å². The van der Waals surface area contributed by atoms with E-state index in [0.717, 1.165) is 59.3 Å². The first kappa shape index (κ1) is 21.7. The van der Waals surface area contributed by atoms with Crippen LogP contribution in [-0.2, 0) is 13.0 Å². The Hall–Kier alpha value is -2.57. The van der Waals surface area contributed by atoms with Gasteiger partial charge in [-0.1, -0.05) is 44.2 Å². The molecule has 3 aromatic rings. The summed E-state index contributed by atoms with van der Waals surface area (Å²) >= 11 is 1.48. The van der Waals surface area contributed by atoms with E-state index in [-0.39, 0.29) is 11.9 Å². The summed E-state index contributed by atoms with van der Waals surface area (Å²) < 4.78 is 0. The number of benzene rings is 1. The van der Waals surface area contributed by atoms with Crippen LogP contribution in [0.4, 0.5) is 0 Å². The van der Waals surface area contributed by atoms with E-state index in [4.69, 9.17) is 0 Å². The summed E-state index contributed by atoms with van der Waals surface area (Å²) in [6.07, 6.45) is 3.81. The van der Waals surface area contributed by atoms with Crippen LogP contribution in [0.2, 0.25) is 0 Å². The number of carbonyl (C=O) groups is 1. The monoisotopic (exact) mass is 434 g/mol. The van der Waals surface area contributed by atoms with Gasteiger partial charge in [-0.25, -0.2) is 4.98 Å². The number of thiazole rings is 1. The van der Waals surface area contributed by atoms with Crippen molar-refractivity contribution >= 4 is 17.2 Å². The van der Waals surface area contributed by atoms with Crippen molar-refractivity contribution in [2.45, 2.75) is 46.2 Å². The van der Waals surface area contributed by atoms with Crippen LogP contribution in [0.15, 0.2) is 48.7 Å². The summed E-state index contributed by atoms with van der Waals surface area (Å²) in [4.78, 5) is 25.3. The highest BCUT2D eigenvalue weighted by molar-refractivity contribution is 7.17. The van der Waals surface area contributed by atoms with Crippen LogP contribution in [0.5, 0.6) is 0 Å². The van der Waals surface area contributed by atoms with Crippen LogP contribution in [0.3, 0.4) is 0 Å². The fourth-order valence-corrected chi connectivity index (χ4v) is 5.13. The maximum atomic E-state index is 13.0. The molecular weight excluding hydrogens is 404 g/mol. The van der Waals surface area contributed by atoms with Crippen molar-refractivity contribution < 1.29 is 4.79 Å². The molecule has 0 saturated carbocycles. The summed E-state index contributed by atoms with van der Waals surface area (Å²) in [7, 11) is 0. The minimum absolute atomic E-state index is 0.00135. The number of likely N-dealkylation sites (tertiary alicyclic amines) is 1. The summed E-state index contributed by atoms with van der Waals surface area (Å²) in [5.74, 6) is 0.386. The summed E-state index contributed by atoms with van der Waals surface area (Å²) in [5.41, 5.74) is 4.27. The third-order valence-corrected chi connectivity index (χ3v) is 7.23. The van der Waals surface area contributed by atoms with Crippen LogP contribution in [-0.4, -0.2) is 39.9 Å². The number of pyridine rings is 1. The average Bonchev–Trinajstić information content (AvgIpc) is 3.18. The molecule has 1 aromatic carbocycles. The fraction of sp³-hybridized carbons (Fsp3) is 0.400. The first-order valence-corrected chi connectivity index (χ1v) is 11.8. The summed E-state index contributed by atoms with van der Waals surface area (Å²) in [6, 6.07) is 14.7. The highest BCUT2D eigenvalue weighted by Gasteiger charge is 2.28. The number of aryl methyl sites for hydroxylation is 2. The zero-order valence-electron chi connectivity index (χ0n) is 18.5. The SMILES string of the molecule is CCc1ccc(-c2nc(C)c(C(=O)NC3CCN(Cc4ccccn4)CC3C)s2)cc1. The molecule has 1 aliphatic rings. The molecule has 2 atom stereocenters. The molecule has 1 fully saturated rings. The van der Waals surface area contributed by atoms with E-state index in [2.05, 4.69) is 64.4 Å². The van der Waals surface area contributed by atoms with Crippen LogP contribution in [0.1, 0.15) is 46.9 Å². The van der Waals surface area contributed by atoms with E-state index in [0.29, 0.717) is 5.92 Å². The van der Waals surface area contributed by atoms with Gasteiger partial charge < -0.3 is 5.32 Å². The second-order valence-electron chi connectivity index (χ2n) is 8.39. The zero-order valence-corrected chi connectivity index (χ0v) is 19.3. The van der Waals surface area contributed by atoms with E-state index < -0.39 is 0 Å². The van der Waals surface area contributed by atoms with Crippen molar-refractivity contribution in [3.63, 3.8) is 0 Å². The Kier molecular flexibility index (Phi) is 6.78. The van der Waals surface area contributed by atoms with Crippen molar-refractivity contribution in [1.82, 2.24) is 20.2 Å². The first-order chi connectivity index (χ1) is 15.0. The predicted molar refractivity (Wildman–Crippen MR) is 126 cm³/mol. The number of nitrogens with zero attached hydrogens (tertiary/aromatic N) is 3. The molecule has 3 heterocycles. The topological polar surface area (TPSA) is 58.1 Å². The number of carbonyl (C=O) groups excluding carboxylic acids is 1. The molecule has 0 radical (unpaired) electrons. The van der Waals surface area contributed by atoms with Gasteiger partial charge in [0.15, 0.2) is 0 Å². The van der Waals surface area contributed by atoms with Crippen molar-refractivity contribution in [2.75, 3.05) is 13.1 Å². The second-order valence-corrected chi connectivity index (χ2v) is 9.39. The Balaban J connectivity index is 1.37. The molecule has 0 spiro atoms. The van der Waals surface area contributed by atoms with E-state index in [1.54, 1.807) is 0 Å². The number of piperidine rings is 1. The number of rotatable bonds is 6. The van der Waals surface area contributed by atoms with Gasteiger partial charge >= 0.3 is 0 Å². The minimum atomic E-state index is 0.00135. The molecule has 0 aliphatic carbocycles. The van der Waals surface area contributed by atoms with Crippen molar-refractivity contribution in [3.05, 3.63) is 70.5 Å². The van der Waals surface area contributed by atoms with Gasteiger partial charge in [0.1, 0.15) is 9.88 Å². The molecule has 6 heteroatoms. The highest BCUT2D eigenvalue weighted by Crippen LogP contribution is 2.29. The lowest BCUT2D eigenvalue weighted by atomic mass is 9.93.